The van der Waals surface area contributed by atoms with Gasteiger partial charge in [0.2, 0.25) is 0 Å². The van der Waals surface area contributed by atoms with Gasteiger partial charge in [0.15, 0.2) is 5.15 Å². The van der Waals surface area contributed by atoms with Gasteiger partial charge in [-0.2, -0.15) is 0 Å². The highest BCUT2D eigenvalue weighted by Crippen LogP contribution is 2.15. The highest BCUT2D eigenvalue weighted by molar-refractivity contribution is 6.32. The van der Waals surface area contributed by atoms with Gasteiger partial charge >= 0.3 is 0 Å². The number of imidazole rings is 1. The Morgan fingerprint density at radius 2 is 2.36 bits per heavy atom. The Bertz CT molecular complexity index is 357. The summed E-state index contributed by atoms with van der Waals surface area (Å²) in [5, 5.41) is 0.510. The molecule has 2 aromatic rings. The van der Waals surface area contributed by atoms with E-state index in [0.29, 0.717) is 5.15 Å². The molecule has 0 unspecified atom stereocenters. The third-order valence-electron chi connectivity index (χ3n) is 1.58. The molecule has 0 amide bonds. The van der Waals surface area contributed by atoms with E-state index in [1.165, 1.54) is 0 Å². The summed E-state index contributed by atoms with van der Waals surface area (Å²) >= 11 is 5.81. The Labute approximate surface area is 68.7 Å². The SMILES string of the molecule is Cc1nc(Cl)c2cnccn12. The molecule has 2 rings (SSSR count). The van der Waals surface area contributed by atoms with Crippen LogP contribution in [0.15, 0.2) is 18.6 Å². The van der Waals surface area contributed by atoms with Gasteiger partial charge in [0.25, 0.3) is 0 Å². The number of fused-ring (bicyclic) bond motifs is 1. The van der Waals surface area contributed by atoms with E-state index < -0.39 is 0 Å². The number of nitrogens with zero attached hydrogens (tertiary/aromatic N) is 3. The summed E-state index contributed by atoms with van der Waals surface area (Å²) in [6.45, 7) is 1.90. The quantitative estimate of drug-likeness (QED) is 0.598. The van der Waals surface area contributed by atoms with Crippen molar-refractivity contribution in [3.8, 4) is 0 Å². The van der Waals surface area contributed by atoms with E-state index in [9.17, 15) is 0 Å². The molecule has 2 heterocycles. The van der Waals surface area contributed by atoms with Crippen molar-refractivity contribution < 1.29 is 0 Å². The van der Waals surface area contributed by atoms with E-state index in [1.54, 1.807) is 12.4 Å². The Morgan fingerprint density at radius 1 is 1.55 bits per heavy atom. The maximum Gasteiger partial charge on any atom is 0.156 e. The molecular weight excluding hydrogens is 162 g/mol. The predicted molar refractivity (Wildman–Crippen MR) is 42.7 cm³/mol. The van der Waals surface area contributed by atoms with Crippen LogP contribution in [0, 0.1) is 6.92 Å². The van der Waals surface area contributed by atoms with Crippen LogP contribution in [-0.4, -0.2) is 14.4 Å². The first-order valence-electron chi connectivity index (χ1n) is 3.23. The average Bonchev–Trinajstić information content (AvgIpc) is 2.30. The van der Waals surface area contributed by atoms with Crippen LogP contribution in [0.25, 0.3) is 5.52 Å². The van der Waals surface area contributed by atoms with Crippen LogP contribution in [0.4, 0.5) is 0 Å². The maximum atomic E-state index is 5.81. The van der Waals surface area contributed by atoms with E-state index in [-0.39, 0.29) is 0 Å². The fourth-order valence-corrected chi connectivity index (χ4v) is 1.31. The van der Waals surface area contributed by atoms with Crippen molar-refractivity contribution in [1.29, 1.82) is 0 Å². The van der Waals surface area contributed by atoms with Crippen molar-refractivity contribution >= 4 is 17.1 Å². The molecular formula is C7H6ClN3. The van der Waals surface area contributed by atoms with Crippen molar-refractivity contribution in [3.05, 3.63) is 29.6 Å². The first kappa shape index (κ1) is 6.61. The van der Waals surface area contributed by atoms with E-state index >= 15 is 0 Å². The number of halogens is 1. The van der Waals surface area contributed by atoms with Gasteiger partial charge in [-0.25, -0.2) is 4.98 Å². The van der Waals surface area contributed by atoms with Crippen LogP contribution >= 0.6 is 11.6 Å². The number of hydrogen-bond acceptors (Lipinski definition) is 2. The zero-order valence-corrected chi connectivity index (χ0v) is 6.71. The van der Waals surface area contributed by atoms with Crippen LogP contribution in [0.3, 0.4) is 0 Å². The summed E-state index contributed by atoms with van der Waals surface area (Å²) in [5.74, 6) is 0.882. The first-order chi connectivity index (χ1) is 5.29. The molecule has 0 fully saturated rings. The first-order valence-corrected chi connectivity index (χ1v) is 3.61. The second-order valence-electron chi connectivity index (χ2n) is 2.28. The fraction of sp³-hybridized carbons (Fsp3) is 0.143. The van der Waals surface area contributed by atoms with Crippen molar-refractivity contribution in [1.82, 2.24) is 14.4 Å². The smallest absolute Gasteiger partial charge is 0.156 e. The van der Waals surface area contributed by atoms with Crippen molar-refractivity contribution in [3.63, 3.8) is 0 Å². The minimum absolute atomic E-state index is 0.510. The van der Waals surface area contributed by atoms with Crippen LogP contribution in [-0.2, 0) is 0 Å². The molecule has 0 aliphatic heterocycles. The highest BCUT2D eigenvalue weighted by atomic mass is 35.5. The zero-order valence-electron chi connectivity index (χ0n) is 5.95. The van der Waals surface area contributed by atoms with Crippen LogP contribution in [0.2, 0.25) is 5.15 Å². The molecule has 2 aromatic heterocycles. The minimum atomic E-state index is 0.510. The molecule has 11 heavy (non-hydrogen) atoms. The maximum absolute atomic E-state index is 5.81. The highest BCUT2D eigenvalue weighted by Gasteiger charge is 2.03. The summed E-state index contributed by atoms with van der Waals surface area (Å²) in [7, 11) is 0. The van der Waals surface area contributed by atoms with E-state index in [0.717, 1.165) is 11.3 Å². The van der Waals surface area contributed by atoms with Gasteiger partial charge in [-0.15, -0.1) is 0 Å². The zero-order chi connectivity index (χ0) is 7.84. The van der Waals surface area contributed by atoms with Crippen molar-refractivity contribution in [2.75, 3.05) is 0 Å². The molecule has 0 saturated carbocycles. The lowest BCUT2D eigenvalue weighted by molar-refractivity contribution is 1.03. The molecule has 0 aliphatic rings. The van der Waals surface area contributed by atoms with Gasteiger partial charge in [-0.05, 0) is 6.92 Å². The van der Waals surface area contributed by atoms with Gasteiger partial charge < -0.3 is 0 Å². The average molecular weight is 168 g/mol. The van der Waals surface area contributed by atoms with Crippen LogP contribution in [0.5, 0.6) is 0 Å². The molecule has 0 N–H and O–H groups in total. The summed E-state index contributed by atoms with van der Waals surface area (Å²) in [6.07, 6.45) is 5.24. The van der Waals surface area contributed by atoms with Gasteiger partial charge in [0.05, 0.1) is 6.20 Å². The lowest BCUT2D eigenvalue weighted by Gasteiger charge is -1.91. The number of hydrogen-bond donors (Lipinski definition) is 0. The molecule has 56 valence electrons. The molecule has 4 heteroatoms. The lowest BCUT2D eigenvalue weighted by atomic mass is 10.6. The molecule has 0 bridgehead atoms. The van der Waals surface area contributed by atoms with E-state index in [1.807, 2.05) is 17.5 Å². The normalized spacial score (nSPS) is 10.7. The number of rotatable bonds is 0. The molecule has 0 aromatic carbocycles. The molecule has 0 saturated heterocycles. The summed E-state index contributed by atoms with van der Waals surface area (Å²) in [6, 6.07) is 0. The van der Waals surface area contributed by atoms with Crippen molar-refractivity contribution in [2.24, 2.45) is 0 Å². The molecule has 0 spiro atoms. The molecule has 3 nitrogen and oxygen atoms in total. The van der Waals surface area contributed by atoms with Gasteiger partial charge in [-0.3, -0.25) is 9.38 Å². The monoisotopic (exact) mass is 167 g/mol. The van der Waals surface area contributed by atoms with Gasteiger partial charge in [0, 0.05) is 12.4 Å². The Hall–Kier alpha value is -1.09. The number of aryl methyl sites for hydroxylation is 1. The molecule has 0 aliphatic carbocycles. The summed E-state index contributed by atoms with van der Waals surface area (Å²) < 4.78 is 1.90. The topological polar surface area (TPSA) is 30.2 Å². The second-order valence-corrected chi connectivity index (χ2v) is 2.64. The van der Waals surface area contributed by atoms with E-state index in [2.05, 4.69) is 9.97 Å². The Kier molecular flexibility index (Phi) is 1.32. The number of aromatic nitrogens is 3. The summed E-state index contributed by atoms with van der Waals surface area (Å²) in [5.41, 5.74) is 0.853. The molecule has 0 atom stereocenters. The standard InChI is InChI=1S/C7H6ClN3/c1-5-10-7(8)6-4-9-2-3-11(5)6/h2-4H,1H3. The Balaban J connectivity index is 2.95. The predicted octanol–water partition coefficient (Wildman–Crippen LogP) is 1.69. The lowest BCUT2D eigenvalue weighted by Crippen LogP contribution is -1.86. The third kappa shape index (κ3) is 0.886. The van der Waals surface area contributed by atoms with E-state index in [4.69, 9.17) is 11.6 Å². The fourth-order valence-electron chi connectivity index (χ4n) is 1.05. The molecule has 0 radical (unpaired) electrons. The van der Waals surface area contributed by atoms with Gasteiger partial charge in [0.1, 0.15) is 11.3 Å². The third-order valence-corrected chi connectivity index (χ3v) is 1.86. The largest absolute Gasteiger partial charge is 0.300 e. The van der Waals surface area contributed by atoms with Crippen molar-refractivity contribution in [2.45, 2.75) is 6.92 Å². The van der Waals surface area contributed by atoms with Crippen LogP contribution < -0.4 is 0 Å². The van der Waals surface area contributed by atoms with Gasteiger partial charge in [-0.1, -0.05) is 11.6 Å². The minimum Gasteiger partial charge on any atom is -0.300 e. The summed E-state index contributed by atoms with van der Waals surface area (Å²) in [4.78, 5) is 8.02. The van der Waals surface area contributed by atoms with Crippen LogP contribution in [0.1, 0.15) is 5.82 Å². The Morgan fingerprint density at radius 3 is 3.09 bits per heavy atom. The second kappa shape index (κ2) is 2.20.